The van der Waals surface area contributed by atoms with Gasteiger partial charge in [-0.3, -0.25) is 0 Å². The molecule has 0 rings (SSSR count). The monoisotopic (exact) mass is 234 g/mol. The van der Waals surface area contributed by atoms with Crippen LogP contribution < -0.4 is 4.67 Å². The van der Waals surface area contributed by atoms with Gasteiger partial charge in [-0.1, -0.05) is 50.8 Å². The molecule has 0 aromatic carbocycles. The lowest BCUT2D eigenvalue weighted by Crippen LogP contribution is -2.07. The number of unbranched alkanes of at least 4 members (excludes halogenated alkanes) is 4. The van der Waals surface area contributed by atoms with E-state index in [1.54, 1.807) is 0 Å². The van der Waals surface area contributed by atoms with Crippen molar-refractivity contribution in [2.24, 2.45) is 0 Å². The molecule has 96 valence electrons. The average molecular weight is 234 g/mol. The van der Waals surface area contributed by atoms with Crippen LogP contribution in [-0.2, 0) is 0 Å². The molecule has 0 aliphatic heterocycles. The van der Waals surface area contributed by atoms with Gasteiger partial charge >= 0.3 is 5.71 Å². The predicted octanol–water partition coefficient (Wildman–Crippen LogP) is 4.46. The Bertz CT molecular complexity index is 323. The summed E-state index contributed by atoms with van der Waals surface area (Å²) >= 11 is 0. The summed E-state index contributed by atoms with van der Waals surface area (Å²) in [7, 11) is 0. The molecule has 0 aromatic rings. The zero-order chi connectivity index (χ0) is 13.1. The molecule has 1 nitrogen and oxygen atoms in total. The van der Waals surface area contributed by atoms with Crippen LogP contribution in [0.25, 0.3) is 0 Å². The number of rotatable bonds is 8. The average Bonchev–Trinajstić information content (AvgIpc) is 2.34. The van der Waals surface area contributed by atoms with Gasteiger partial charge in [0.2, 0.25) is 0 Å². The highest BCUT2D eigenvalue weighted by Gasteiger charge is 2.10. The standard InChI is InChI=1S/C16H28N/c1-6-9-10-11-12-13-15(5)17-16(8-3)14(4)7-2/h2,6,8-13H2,1,3-5H3/q+1. The van der Waals surface area contributed by atoms with Gasteiger partial charge in [0.1, 0.15) is 0 Å². The first-order chi connectivity index (χ1) is 8.15. The van der Waals surface area contributed by atoms with E-state index >= 15 is 0 Å². The van der Waals surface area contributed by atoms with Crippen LogP contribution in [0, 0.1) is 0 Å². The third-order valence-corrected chi connectivity index (χ3v) is 3.00. The van der Waals surface area contributed by atoms with Crippen molar-refractivity contribution in [2.75, 3.05) is 0 Å². The molecule has 0 saturated carbocycles. The van der Waals surface area contributed by atoms with Crippen LogP contribution in [-0.4, -0.2) is 11.4 Å². The maximum absolute atomic E-state index is 4.68. The van der Waals surface area contributed by atoms with E-state index in [1.807, 2.05) is 6.92 Å². The summed E-state index contributed by atoms with van der Waals surface area (Å²) in [6, 6.07) is 0. The van der Waals surface area contributed by atoms with E-state index in [-0.39, 0.29) is 0 Å². The van der Waals surface area contributed by atoms with Crippen LogP contribution in [0.1, 0.15) is 72.6 Å². The van der Waals surface area contributed by atoms with Crippen LogP contribution in [0.3, 0.4) is 0 Å². The van der Waals surface area contributed by atoms with Gasteiger partial charge in [-0.15, -0.1) is 5.73 Å². The number of hydrogen-bond acceptors (Lipinski definition) is 0. The van der Waals surface area contributed by atoms with Crippen molar-refractivity contribution in [1.29, 1.82) is 0 Å². The van der Waals surface area contributed by atoms with Crippen molar-refractivity contribution in [1.82, 2.24) is 4.67 Å². The van der Waals surface area contributed by atoms with Crippen LogP contribution in [0.2, 0.25) is 0 Å². The first-order valence-corrected chi connectivity index (χ1v) is 6.92. The molecular weight excluding hydrogens is 206 g/mol. The van der Waals surface area contributed by atoms with E-state index in [1.165, 1.54) is 37.8 Å². The molecule has 0 aliphatic rings. The van der Waals surface area contributed by atoms with E-state index in [0.29, 0.717) is 0 Å². The zero-order valence-corrected chi connectivity index (χ0v) is 12.1. The fraction of sp³-hybridized carbons (Fsp3) is 0.688. The second kappa shape index (κ2) is 10.1. The Kier molecular flexibility index (Phi) is 9.53. The molecule has 0 aromatic heterocycles. The topological polar surface area (TPSA) is 14.1 Å². The molecular formula is C16H28N+. The van der Waals surface area contributed by atoms with Crippen molar-refractivity contribution in [3.8, 4) is 0 Å². The summed E-state index contributed by atoms with van der Waals surface area (Å²) in [6.45, 7) is 12.2. The number of allylic oxidation sites excluding steroid dienone is 1. The zero-order valence-electron chi connectivity index (χ0n) is 12.1. The first kappa shape index (κ1) is 16.0. The van der Waals surface area contributed by atoms with E-state index in [2.05, 4.69) is 37.7 Å². The molecule has 1 heteroatoms. The summed E-state index contributed by atoms with van der Waals surface area (Å²) in [5.41, 5.74) is 6.38. The highest BCUT2D eigenvalue weighted by molar-refractivity contribution is 6.01. The summed E-state index contributed by atoms with van der Waals surface area (Å²) in [5, 5.41) is 0. The maximum atomic E-state index is 4.68. The first-order valence-electron chi connectivity index (χ1n) is 6.92. The number of nitrogens with zero attached hydrogens (tertiary/aromatic N) is 1. The maximum Gasteiger partial charge on any atom is 0.313 e. The third-order valence-electron chi connectivity index (χ3n) is 3.00. The molecule has 0 fully saturated rings. The van der Waals surface area contributed by atoms with E-state index in [9.17, 15) is 0 Å². The molecule has 0 heterocycles. The normalized spacial score (nSPS) is 9.41. The fourth-order valence-corrected chi connectivity index (χ4v) is 1.80. The molecule has 0 saturated heterocycles. The molecule has 0 N–H and O–H groups in total. The van der Waals surface area contributed by atoms with Gasteiger partial charge in [0.05, 0.1) is 5.57 Å². The fourth-order valence-electron chi connectivity index (χ4n) is 1.80. The van der Waals surface area contributed by atoms with Crippen molar-refractivity contribution < 1.29 is 0 Å². The summed E-state index contributed by atoms with van der Waals surface area (Å²) in [4.78, 5) is 0. The van der Waals surface area contributed by atoms with Crippen LogP contribution in [0.4, 0.5) is 0 Å². The lowest BCUT2D eigenvalue weighted by molar-refractivity contribution is 0.643. The summed E-state index contributed by atoms with van der Waals surface area (Å²) < 4.78 is 4.68. The Morgan fingerprint density at radius 2 is 1.71 bits per heavy atom. The van der Waals surface area contributed by atoms with Crippen LogP contribution in [0.15, 0.2) is 17.9 Å². The molecule has 0 unspecified atom stereocenters. The predicted molar refractivity (Wildman–Crippen MR) is 79.8 cm³/mol. The quantitative estimate of drug-likeness (QED) is 0.255. The Labute approximate surface area is 107 Å². The van der Waals surface area contributed by atoms with Gasteiger partial charge in [0.15, 0.2) is 0 Å². The van der Waals surface area contributed by atoms with E-state index < -0.39 is 0 Å². The molecule has 0 radical (unpaired) electrons. The molecule has 0 spiro atoms. The van der Waals surface area contributed by atoms with Crippen molar-refractivity contribution >= 4 is 11.4 Å². The summed E-state index contributed by atoms with van der Waals surface area (Å²) in [6.07, 6.45) is 8.71. The van der Waals surface area contributed by atoms with Gasteiger partial charge in [-0.2, -0.15) is 0 Å². The SMILES string of the molecule is C=C=C(C)C(CC)=[N+]=C(C)CCCCCCC. The van der Waals surface area contributed by atoms with Gasteiger partial charge in [0, 0.05) is 19.8 Å². The van der Waals surface area contributed by atoms with Crippen molar-refractivity contribution in [3.05, 3.63) is 17.9 Å². The molecule has 0 aliphatic carbocycles. The van der Waals surface area contributed by atoms with E-state index in [0.717, 1.165) is 24.1 Å². The largest absolute Gasteiger partial charge is 0.313 e. The lowest BCUT2D eigenvalue weighted by atomic mass is 10.1. The number of hydrogen-bond donors (Lipinski definition) is 0. The highest BCUT2D eigenvalue weighted by Crippen LogP contribution is 2.05. The molecule has 17 heavy (non-hydrogen) atoms. The van der Waals surface area contributed by atoms with Gasteiger partial charge in [-0.05, 0) is 13.3 Å². The Hall–Kier alpha value is -1.03. The minimum Gasteiger partial charge on any atom is -0.118 e. The smallest absolute Gasteiger partial charge is 0.118 e. The van der Waals surface area contributed by atoms with Crippen LogP contribution >= 0.6 is 0 Å². The van der Waals surface area contributed by atoms with Crippen molar-refractivity contribution in [3.63, 3.8) is 0 Å². The van der Waals surface area contributed by atoms with Gasteiger partial charge in [-0.25, -0.2) is 0 Å². The Morgan fingerprint density at radius 1 is 1.06 bits per heavy atom. The minimum atomic E-state index is 0.960. The van der Waals surface area contributed by atoms with Gasteiger partial charge < -0.3 is 0 Å². The Morgan fingerprint density at radius 3 is 2.24 bits per heavy atom. The molecule has 0 atom stereocenters. The lowest BCUT2D eigenvalue weighted by Gasteiger charge is -1.95. The van der Waals surface area contributed by atoms with Crippen LogP contribution in [0.5, 0.6) is 0 Å². The van der Waals surface area contributed by atoms with E-state index in [4.69, 9.17) is 0 Å². The molecule has 0 bridgehead atoms. The summed E-state index contributed by atoms with van der Waals surface area (Å²) in [5.74, 6) is 0. The second-order valence-electron chi connectivity index (χ2n) is 4.61. The highest BCUT2D eigenvalue weighted by atomic mass is 14.6. The Balaban J connectivity index is 4.30. The molecule has 0 amide bonds. The van der Waals surface area contributed by atoms with Crippen molar-refractivity contribution in [2.45, 2.75) is 72.6 Å². The minimum absolute atomic E-state index is 0.960. The second-order valence-corrected chi connectivity index (χ2v) is 4.61. The third kappa shape index (κ3) is 7.80. The van der Waals surface area contributed by atoms with Gasteiger partial charge in [0.25, 0.3) is 5.71 Å².